The Morgan fingerprint density at radius 3 is 3.00 bits per heavy atom. The van der Waals surface area contributed by atoms with E-state index in [1.165, 1.54) is 11.8 Å². The van der Waals surface area contributed by atoms with Gasteiger partial charge in [-0.3, -0.25) is 9.36 Å². The summed E-state index contributed by atoms with van der Waals surface area (Å²) in [5, 5.41) is 9.53. The molecule has 1 unspecified atom stereocenters. The number of nitrogens with zero attached hydrogens (tertiary/aromatic N) is 3. The molecule has 0 aromatic carbocycles. The smallest absolute Gasteiger partial charge is 0.313 e. The molecule has 0 radical (unpaired) electrons. The van der Waals surface area contributed by atoms with Gasteiger partial charge in [-0.25, -0.2) is 9.97 Å². The number of imidazole rings is 1. The van der Waals surface area contributed by atoms with E-state index >= 15 is 0 Å². The van der Waals surface area contributed by atoms with Crippen molar-refractivity contribution in [3.63, 3.8) is 0 Å². The minimum Gasteiger partial charge on any atom is -0.481 e. The van der Waals surface area contributed by atoms with Crippen molar-refractivity contribution in [1.29, 1.82) is 0 Å². The molecule has 0 spiro atoms. The summed E-state index contributed by atoms with van der Waals surface area (Å²) in [6.45, 7) is 2.58. The number of halogens is 1. The third-order valence-corrected chi connectivity index (χ3v) is 4.36. The van der Waals surface area contributed by atoms with Gasteiger partial charge in [0.15, 0.2) is 10.8 Å². The Hall–Kier alpha value is -1.12. The number of fused-ring (bicyclic) bond motifs is 1. The van der Waals surface area contributed by atoms with Crippen molar-refractivity contribution in [2.75, 3.05) is 19.5 Å². The first-order chi connectivity index (χ1) is 10.1. The Morgan fingerprint density at radius 2 is 2.38 bits per heavy atom. The lowest BCUT2D eigenvalue weighted by atomic mass is 10.2. The van der Waals surface area contributed by atoms with Crippen LogP contribution in [0.2, 0.25) is 0 Å². The first-order valence-electron chi connectivity index (χ1n) is 6.43. The van der Waals surface area contributed by atoms with Gasteiger partial charge in [0.1, 0.15) is 5.52 Å². The predicted octanol–water partition coefficient (Wildman–Crippen LogP) is 2.97. The third kappa shape index (κ3) is 3.75. The van der Waals surface area contributed by atoms with Gasteiger partial charge in [-0.05, 0) is 28.4 Å². The van der Waals surface area contributed by atoms with Crippen LogP contribution in [0.3, 0.4) is 0 Å². The van der Waals surface area contributed by atoms with Crippen molar-refractivity contribution >= 4 is 44.8 Å². The van der Waals surface area contributed by atoms with Crippen molar-refractivity contribution in [2.24, 2.45) is 0 Å². The number of aliphatic carboxylic acids is 1. The first-order valence-corrected chi connectivity index (χ1v) is 8.21. The minimum atomic E-state index is -0.868. The topological polar surface area (TPSA) is 77.2 Å². The predicted molar refractivity (Wildman–Crippen MR) is 84.8 cm³/mol. The van der Waals surface area contributed by atoms with E-state index in [4.69, 9.17) is 9.84 Å². The summed E-state index contributed by atoms with van der Waals surface area (Å²) < 4.78 is 8.07. The summed E-state index contributed by atoms with van der Waals surface area (Å²) in [6, 6.07) is 1.95. The molecule has 0 aliphatic rings. The van der Waals surface area contributed by atoms with Gasteiger partial charge in [-0.1, -0.05) is 18.7 Å². The highest BCUT2D eigenvalue weighted by atomic mass is 79.9. The van der Waals surface area contributed by atoms with Gasteiger partial charge in [0, 0.05) is 17.8 Å². The summed E-state index contributed by atoms with van der Waals surface area (Å²) in [6.07, 6.45) is 2.56. The molecule has 0 bridgehead atoms. The molecule has 8 heteroatoms. The molecule has 2 aromatic rings. The number of pyridine rings is 1. The molecule has 0 amide bonds. The van der Waals surface area contributed by atoms with Gasteiger partial charge >= 0.3 is 5.97 Å². The van der Waals surface area contributed by atoms with Crippen molar-refractivity contribution in [2.45, 2.75) is 24.5 Å². The minimum absolute atomic E-state index is 0.0338. The zero-order valence-electron chi connectivity index (χ0n) is 11.7. The Labute approximate surface area is 135 Å². The van der Waals surface area contributed by atoms with Crippen LogP contribution < -0.4 is 0 Å². The second-order valence-electron chi connectivity index (χ2n) is 4.46. The lowest BCUT2D eigenvalue weighted by molar-refractivity contribution is -0.133. The average molecular weight is 374 g/mol. The molecule has 1 atom stereocenters. The van der Waals surface area contributed by atoms with Crippen molar-refractivity contribution in [1.82, 2.24) is 14.5 Å². The molecule has 0 aliphatic carbocycles. The van der Waals surface area contributed by atoms with Gasteiger partial charge in [-0.2, -0.15) is 0 Å². The SMILES string of the molecule is CCC(COC)n1c(SCC(=O)O)nc2cc(Br)cnc21. The van der Waals surface area contributed by atoms with Crippen LogP contribution >= 0.6 is 27.7 Å². The number of ether oxygens (including phenoxy) is 1. The summed E-state index contributed by atoms with van der Waals surface area (Å²) in [4.78, 5) is 19.7. The molecule has 114 valence electrons. The molecule has 2 rings (SSSR count). The maximum atomic E-state index is 10.8. The molecule has 0 aliphatic heterocycles. The van der Waals surface area contributed by atoms with E-state index < -0.39 is 5.97 Å². The zero-order chi connectivity index (χ0) is 15.4. The molecule has 1 N–H and O–H groups in total. The molecule has 0 fully saturated rings. The van der Waals surface area contributed by atoms with Crippen molar-refractivity contribution < 1.29 is 14.6 Å². The number of aromatic nitrogens is 3. The number of carboxylic acids is 1. The van der Waals surface area contributed by atoms with Gasteiger partial charge in [0.2, 0.25) is 0 Å². The lowest BCUT2D eigenvalue weighted by Gasteiger charge is -2.18. The fourth-order valence-electron chi connectivity index (χ4n) is 2.06. The number of hydrogen-bond donors (Lipinski definition) is 1. The molecular weight excluding hydrogens is 358 g/mol. The highest BCUT2D eigenvalue weighted by Gasteiger charge is 2.20. The third-order valence-electron chi connectivity index (χ3n) is 2.98. The molecule has 0 saturated heterocycles. The summed E-state index contributed by atoms with van der Waals surface area (Å²) in [7, 11) is 1.65. The van der Waals surface area contributed by atoms with Gasteiger partial charge in [-0.15, -0.1) is 0 Å². The largest absolute Gasteiger partial charge is 0.481 e. The van der Waals surface area contributed by atoms with Crippen LogP contribution in [0, 0.1) is 0 Å². The molecule has 2 aromatic heterocycles. The van der Waals surface area contributed by atoms with E-state index in [1.807, 2.05) is 10.6 Å². The maximum Gasteiger partial charge on any atom is 0.313 e. The monoisotopic (exact) mass is 373 g/mol. The van der Waals surface area contributed by atoms with Crippen molar-refractivity contribution in [3.8, 4) is 0 Å². The quantitative estimate of drug-likeness (QED) is 0.751. The maximum absolute atomic E-state index is 10.8. The van der Waals surface area contributed by atoms with Crippen LogP contribution in [0.25, 0.3) is 11.2 Å². The number of carboxylic acid groups (broad SMARTS) is 1. The van der Waals surface area contributed by atoms with E-state index in [-0.39, 0.29) is 11.8 Å². The summed E-state index contributed by atoms with van der Waals surface area (Å²) >= 11 is 4.57. The standard InChI is InChI=1S/C13H16BrN3O3S/c1-3-9(6-20-2)17-12-10(4-8(14)5-15-12)16-13(17)21-7-11(18)19/h4-5,9H,3,6-7H2,1-2H3,(H,18,19). The van der Waals surface area contributed by atoms with E-state index in [0.717, 1.165) is 22.1 Å². The summed E-state index contributed by atoms with van der Waals surface area (Å²) in [5.41, 5.74) is 1.49. The van der Waals surface area contributed by atoms with Gasteiger partial charge < -0.3 is 9.84 Å². The molecule has 2 heterocycles. The summed E-state index contributed by atoms with van der Waals surface area (Å²) in [5.74, 6) is -0.902. The van der Waals surface area contributed by atoms with E-state index in [9.17, 15) is 4.79 Å². The first kappa shape index (κ1) is 16.3. The highest BCUT2D eigenvalue weighted by Crippen LogP contribution is 2.29. The fourth-order valence-corrected chi connectivity index (χ4v) is 3.17. The Bertz CT molecular complexity index is 647. The number of hydrogen-bond acceptors (Lipinski definition) is 5. The normalized spacial score (nSPS) is 12.7. The van der Waals surface area contributed by atoms with E-state index in [2.05, 4.69) is 32.8 Å². The second-order valence-corrected chi connectivity index (χ2v) is 6.32. The molecule has 0 saturated carbocycles. The Kier molecular flexibility index (Phi) is 5.60. The van der Waals surface area contributed by atoms with Crippen LogP contribution in [-0.4, -0.2) is 45.1 Å². The number of methoxy groups -OCH3 is 1. The highest BCUT2D eigenvalue weighted by molar-refractivity contribution is 9.10. The van der Waals surface area contributed by atoms with Gasteiger partial charge in [0.05, 0.1) is 18.4 Å². The molecular formula is C13H16BrN3O3S. The molecule has 21 heavy (non-hydrogen) atoms. The van der Waals surface area contributed by atoms with Gasteiger partial charge in [0.25, 0.3) is 0 Å². The van der Waals surface area contributed by atoms with Crippen LogP contribution in [0.4, 0.5) is 0 Å². The van der Waals surface area contributed by atoms with Crippen LogP contribution in [-0.2, 0) is 9.53 Å². The fraction of sp³-hybridized carbons (Fsp3) is 0.462. The average Bonchev–Trinajstić information content (AvgIpc) is 2.79. The van der Waals surface area contributed by atoms with Crippen LogP contribution in [0.5, 0.6) is 0 Å². The Balaban J connectivity index is 2.50. The van der Waals surface area contributed by atoms with Crippen LogP contribution in [0.15, 0.2) is 21.9 Å². The van der Waals surface area contributed by atoms with E-state index in [1.54, 1.807) is 13.3 Å². The van der Waals surface area contributed by atoms with E-state index in [0.29, 0.717) is 11.8 Å². The lowest BCUT2D eigenvalue weighted by Crippen LogP contribution is -2.15. The molecule has 6 nitrogen and oxygen atoms in total. The second kappa shape index (κ2) is 7.24. The van der Waals surface area contributed by atoms with Crippen LogP contribution in [0.1, 0.15) is 19.4 Å². The number of carbonyl (C=O) groups is 1. The number of rotatable bonds is 7. The zero-order valence-corrected chi connectivity index (χ0v) is 14.1. The number of thioether (sulfide) groups is 1. The Morgan fingerprint density at radius 1 is 1.62 bits per heavy atom. The van der Waals surface area contributed by atoms with Crippen molar-refractivity contribution in [3.05, 3.63) is 16.7 Å².